The molecule has 3 aromatic rings. The van der Waals surface area contributed by atoms with Crippen LogP contribution in [0.2, 0.25) is 0 Å². The van der Waals surface area contributed by atoms with Crippen LogP contribution in [-0.2, 0) is 10.9 Å². The quantitative estimate of drug-likeness (QED) is 0.416. The van der Waals surface area contributed by atoms with Gasteiger partial charge in [-0.1, -0.05) is 43.3 Å². The fourth-order valence-corrected chi connectivity index (χ4v) is 5.11. The van der Waals surface area contributed by atoms with E-state index in [4.69, 9.17) is 0 Å². The van der Waals surface area contributed by atoms with Crippen molar-refractivity contribution in [1.82, 2.24) is 0 Å². The lowest BCUT2D eigenvalue weighted by Gasteiger charge is -2.08. The van der Waals surface area contributed by atoms with Gasteiger partial charge in [-0.15, -0.1) is 11.8 Å². The summed E-state index contributed by atoms with van der Waals surface area (Å²) in [6.45, 7) is 2.19. The van der Waals surface area contributed by atoms with Crippen LogP contribution in [0.25, 0.3) is 0 Å². The normalized spacial score (nSPS) is 10.8. The van der Waals surface area contributed by atoms with Gasteiger partial charge in [0, 0.05) is 4.90 Å². The molecule has 0 bridgehead atoms. The van der Waals surface area contributed by atoms with Gasteiger partial charge in [0.15, 0.2) is 14.7 Å². The van der Waals surface area contributed by atoms with Crippen molar-refractivity contribution in [2.75, 3.05) is 5.75 Å². The van der Waals surface area contributed by atoms with Gasteiger partial charge in [0.25, 0.3) is 0 Å². The maximum absolute atomic E-state index is 2.28. The predicted molar refractivity (Wildman–Crippen MR) is 97.9 cm³/mol. The van der Waals surface area contributed by atoms with E-state index in [2.05, 4.69) is 91.9 Å². The lowest BCUT2D eigenvalue weighted by atomic mass is 10.4. The van der Waals surface area contributed by atoms with E-state index in [0.29, 0.717) is 0 Å². The Morgan fingerprint density at radius 2 is 1.09 bits per heavy atom. The van der Waals surface area contributed by atoms with Crippen molar-refractivity contribution in [1.29, 1.82) is 0 Å². The van der Waals surface area contributed by atoms with Crippen LogP contribution >= 0.6 is 11.8 Å². The molecule has 0 radical (unpaired) electrons. The van der Waals surface area contributed by atoms with E-state index in [1.165, 1.54) is 19.6 Å². The highest BCUT2D eigenvalue weighted by atomic mass is 32.2. The van der Waals surface area contributed by atoms with Gasteiger partial charge in [0.1, 0.15) is 0 Å². The topological polar surface area (TPSA) is 0 Å². The van der Waals surface area contributed by atoms with Crippen molar-refractivity contribution in [2.24, 2.45) is 0 Å². The molecule has 0 fully saturated rings. The van der Waals surface area contributed by atoms with Crippen molar-refractivity contribution in [3.8, 4) is 0 Å². The smallest absolute Gasteiger partial charge is 0.126 e. The predicted octanol–water partition coefficient (Wildman–Crippen LogP) is 5.89. The van der Waals surface area contributed by atoms with Crippen molar-refractivity contribution in [2.45, 2.75) is 26.5 Å². The zero-order valence-electron chi connectivity index (χ0n) is 12.6. The maximum Gasteiger partial charge on any atom is 0.166 e. The van der Waals surface area contributed by atoms with Crippen LogP contribution in [0.1, 0.15) is 6.92 Å². The zero-order valence-corrected chi connectivity index (χ0v) is 14.2. The molecule has 0 aliphatic rings. The molecule has 0 aliphatic carbocycles. The Bertz CT molecular complexity index is 651. The molecule has 2 heteroatoms. The van der Waals surface area contributed by atoms with E-state index >= 15 is 0 Å². The highest BCUT2D eigenvalue weighted by Gasteiger charge is 2.27. The molecule has 0 unspecified atom stereocenters. The monoisotopic (exact) mass is 323 g/mol. The van der Waals surface area contributed by atoms with Gasteiger partial charge in [0.2, 0.25) is 0 Å². The van der Waals surface area contributed by atoms with E-state index in [0.717, 1.165) is 5.75 Å². The van der Waals surface area contributed by atoms with Crippen LogP contribution < -0.4 is 0 Å². The largest absolute Gasteiger partial charge is 0.166 e. The fraction of sp³-hybridized carbons (Fsp3) is 0.100. The summed E-state index contributed by atoms with van der Waals surface area (Å²) in [6.07, 6.45) is 0. The van der Waals surface area contributed by atoms with Gasteiger partial charge in [-0.25, -0.2) is 0 Å². The Labute approximate surface area is 139 Å². The van der Waals surface area contributed by atoms with Crippen LogP contribution in [-0.4, -0.2) is 5.75 Å². The van der Waals surface area contributed by atoms with Crippen molar-refractivity contribution in [3.05, 3.63) is 84.9 Å². The molecule has 0 spiro atoms. The van der Waals surface area contributed by atoms with Gasteiger partial charge >= 0.3 is 0 Å². The summed E-state index contributed by atoms with van der Waals surface area (Å²) in [5.41, 5.74) is 0. The number of hydrogen-bond donors (Lipinski definition) is 0. The molecule has 3 aromatic carbocycles. The van der Waals surface area contributed by atoms with Crippen molar-refractivity contribution >= 4 is 22.7 Å². The van der Waals surface area contributed by atoms with E-state index < -0.39 is 0 Å². The van der Waals surface area contributed by atoms with Gasteiger partial charge in [-0.05, 0) is 54.3 Å². The lowest BCUT2D eigenvalue weighted by Crippen LogP contribution is -2.04. The van der Waals surface area contributed by atoms with Crippen molar-refractivity contribution in [3.63, 3.8) is 0 Å². The minimum Gasteiger partial charge on any atom is -0.126 e. The molecule has 0 heterocycles. The fourth-order valence-electron chi connectivity index (χ4n) is 2.36. The third kappa shape index (κ3) is 3.57. The standard InChI is InChI=1S/C20H19S2/c1-2-21-17-13-15-20(16-14-17)22(18-9-5-3-6-10-18)19-11-7-4-8-12-19/h3-16H,2H2,1H3/q+1. The summed E-state index contributed by atoms with van der Waals surface area (Å²) in [5, 5.41) is 0. The number of benzene rings is 3. The second-order valence-electron chi connectivity index (χ2n) is 4.84. The molecule has 3 rings (SSSR count). The summed E-state index contributed by atoms with van der Waals surface area (Å²) in [6, 6.07) is 30.6. The maximum atomic E-state index is 2.28. The van der Waals surface area contributed by atoms with Crippen LogP contribution in [0.3, 0.4) is 0 Å². The van der Waals surface area contributed by atoms with E-state index in [1.54, 1.807) is 0 Å². The third-order valence-electron chi connectivity index (χ3n) is 3.33. The summed E-state index contributed by atoms with van der Waals surface area (Å²) in [7, 11) is -0.0361. The molecule has 22 heavy (non-hydrogen) atoms. The minimum absolute atomic E-state index is 0.0361. The van der Waals surface area contributed by atoms with E-state index in [1.807, 2.05) is 11.8 Å². The molecular formula is C20H19S2+. The number of rotatable bonds is 5. The molecule has 110 valence electrons. The SMILES string of the molecule is CCSc1ccc([S+](c2ccccc2)c2ccccc2)cc1. The first-order valence-electron chi connectivity index (χ1n) is 7.46. The molecular weight excluding hydrogens is 304 g/mol. The first-order valence-corrected chi connectivity index (χ1v) is 9.67. The highest BCUT2D eigenvalue weighted by Crippen LogP contribution is 2.32. The summed E-state index contributed by atoms with van der Waals surface area (Å²) in [5.74, 6) is 1.11. The lowest BCUT2D eigenvalue weighted by molar-refractivity contribution is 1.28. The average Bonchev–Trinajstić information content (AvgIpc) is 2.59. The summed E-state index contributed by atoms with van der Waals surface area (Å²) < 4.78 is 0. The highest BCUT2D eigenvalue weighted by molar-refractivity contribution is 7.99. The first-order chi connectivity index (χ1) is 10.9. The minimum atomic E-state index is -0.0361. The molecule has 0 aliphatic heterocycles. The van der Waals surface area contributed by atoms with Crippen LogP contribution in [0.4, 0.5) is 0 Å². The molecule has 0 nitrogen and oxygen atoms in total. The second-order valence-corrected chi connectivity index (χ2v) is 8.20. The number of thioether (sulfide) groups is 1. The van der Waals surface area contributed by atoms with Gasteiger partial charge < -0.3 is 0 Å². The van der Waals surface area contributed by atoms with Crippen LogP contribution in [0.5, 0.6) is 0 Å². The third-order valence-corrected chi connectivity index (χ3v) is 6.45. The summed E-state index contributed by atoms with van der Waals surface area (Å²) in [4.78, 5) is 5.45. The van der Waals surface area contributed by atoms with Gasteiger partial charge in [-0.3, -0.25) is 0 Å². The molecule has 0 atom stereocenters. The Morgan fingerprint density at radius 3 is 1.55 bits per heavy atom. The second kappa shape index (κ2) is 7.57. The Balaban J connectivity index is 2.02. The molecule has 0 saturated carbocycles. The van der Waals surface area contributed by atoms with Gasteiger partial charge in [-0.2, -0.15) is 0 Å². The molecule has 0 saturated heterocycles. The number of hydrogen-bond acceptors (Lipinski definition) is 1. The molecule has 0 amide bonds. The first kappa shape index (κ1) is 15.3. The Morgan fingerprint density at radius 1 is 0.636 bits per heavy atom. The molecule has 0 N–H and O–H groups in total. The Hall–Kier alpha value is -1.64. The molecule has 0 aromatic heterocycles. The average molecular weight is 324 g/mol. The van der Waals surface area contributed by atoms with Crippen molar-refractivity contribution < 1.29 is 0 Å². The van der Waals surface area contributed by atoms with Crippen LogP contribution in [0, 0.1) is 0 Å². The van der Waals surface area contributed by atoms with Crippen LogP contribution in [0.15, 0.2) is 105 Å². The Kier molecular flexibility index (Phi) is 5.25. The van der Waals surface area contributed by atoms with Gasteiger partial charge in [0.05, 0.1) is 10.9 Å². The van der Waals surface area contributed by atoms with E-state index in [9.17, 15) is 0 Å². The summed E-state index contributed by atoms with van der Waals surface area (Å²) >= 11 is 1.89. The zero-order chi connectivity index (χ0) is 15.2. The van der Waals surface area contributed by atoms with E-state index in [-0.39, 0.29) is 10.9 Å².